The Kier molecular flexibility index (Phi) is 5.12. The molecule has 1 atom stereocenters. The lowest BCUT2D eigenvalue weighted by Crippen LogP contribution is -2.37. The van der Waals surface area contributed by atoms with Gasteiger partial charge in [0.1, 0.15) is 22.4 Å². The summed E-state index contributed by atoms with van der Waals surface area (Å²) in [6.45, 7) is 7.45. The van der Waals surface area contributed by atoms with E-state index in [0.29, 0.717) is 5.25 Å². The molecule has 0 aromatic carbocycles. The van der Waals surface area contributed by atoms with Crippen LogP contribution < -0.4 is 10.2 Å². The van der Waals surface area contributed by atoms with Crippen molar-refractivity contribution in [3.63, 3.8) is 0 Å². The molecule has 18 heavy (non-hydrogen) atoms. The predicted octanol–water partition coefficient (Wildman–Crippen LogP) is 3.00. The van der Waals surface area contributed by atoms with Crippen LogP contribution in [0.5, 0.6) is 0 Å². The Morgan fingerprint density at radius 2 is 2.39 bits per heavy atom. The van der Waals surface area contributed by atoms with Gasteiger partial charge >= 0.3 is 0 Å². The smallest absolute Gasteiger partial charge is 0.148 e. The Bertz CT molecular complexity index is 402. The summed E-state index contributed by atoms with van der Waals surface area (Å²) in [7, 11) is 0. The minimum Gasteiger partial charge on any atom is -0.369 e. The highest BCUT2D eigenvalue weighted by atomic mass is 79.9. The third kappa shape index (κ3) is 3.29. The monoisotopic (exact) mass is 330 g/mol. The van der Waals surface area contributed by atoms with E-state index in [1.165, 1.54) is 0 Å². The Morgan fingerprint density at radius 1 is 1.56 bits per heavy atom. The Hall–Kier alpha value is -0.490. The molecule has 0 saturated carbocycles. The first-order chi connectivity index (χ1) is 8.72. The minimum absolute atomic E-state index is 0.660. The van der Waals surface area contributed by atoms with Crippen LogP contribution in [0.4, 0.5) is 11.6 Å². The van der Waals surface area contributed by atoms with E-state index in [1.807, 2.05) is 11.8 Å². The van der Waals surface area contributed by atoms with Gasteiger partial charge in [0.25, 0.3) is 0 Å². The summed E-state index contributed by atoms with van der Waals surface area (Å²) >= 11 is 5.66. The number of hydrogen-bond acceptors (Lipinski definition) is 5. The number of nitrogens with zero attached hydrogens (tertiary/aromatic N) is 3. The molecule has 1 N–H and O–H groups in total. The van der Waals surface area contributed by atoms with Gasteiger partial charge in [-0.15, -0.1) is 0 Å². The Balaban J connectivity index is 2.16. The van der Waals surface area contributed by atoms with Crippen LogP contribution in [-0.4, -0.2) is 40.6 Å². The number of aromatic nitrogens is 2. The van der Waals surface area contributed by atoms with Crippen molar-refractivity contribution in [1.82, 2.24) is 9.97 Å². The lowest BCUT2D eigenvalue weighted by atomic mass is 10.3. The summed E-state index contributed by atoms with van der Waals surface area (Å²) in [5.41, 5.74) is 0. The Morgan fingerprint density at radius 3 is 3.11 bits per heavy atom. The lowest BCUT2D eigenvalue weighted by Gasteiger charge is -2.32. The van der Waals surface area contributed by atoms with Gasteiger partial charge in [0.2, 0.25) is 0 Å². The molecule has 1 aliphatic heterocycles. The van der Waals surface area contributed by atoms with Gasteiger partial charge in [0.15, 0.2) is 0 Å². The zero-order valence-electron chi connectivity index (χ0n) is 10.8. The fourth-order valence-corrected chi connectivity index (χ4v) is 3.57. The van der Waals surface area contributed by atoms with Crippen molar-refractivity contribution < 1.29 is 0 Å². The average molecular weight is 331 g/mol. The molecule has 2 heterocycles. The molecule has 4 nitrogen and oxygen atoms in total. The molecule has 6 heteroatoms. The molecule has 1 saturated heterocycles. The van der Waals surface area contributed by atoms with E-state index in [2.05, 4.69) is 50.0 Å². The van der Waals surface area contributed by atoms with Gasteiger partial charge in [0, 0.05) is 30.6 Å². The summed E-state index contributed by atoms with van der Waals surface area (Å²) in [6, 6.07) is 0. The quantitative estimate of drug-likeness (QED) is 0.919. The van der Waals surface area contributed by atoms with Crippen molar-refractivity contribution >= 4 is 39.3 Å². The molecular weight excluding hydrogens is 312 g/mol. The van der Waals surface area contributed by atoms with Gasteiger partial charge < -0.3 is 10.2 Å². The van der Waals surface area contributed by atoms with Crippen molar-refractivity contribution in [1.29, 1.82) is 0 Å². The summed E-state index contributed by atoms with van der Waals surface area (Å²) in [5, 5.41) is 3.98. The highest BCUT2D eigenvalue weighted by molar-refractivity contribution is 9.10. The second-order valence-electron chi connectivity index (χ2n) is 4.41. The zero-order valence-corrected chi connectivity index (χ0v) is 13.2. The number of rotatable bonds is 4. The number of halogens is 1. The zero-order chi connectivity index (χ0) is 13.0. The molecule has 1 fully saturated rings. The maximum absolute atomic E-state index is 4.42. The molecule has 1 unspecified atom stereocenters. The number of hydrogen-bond donors (Lipinski definition) is 1. The van der Waals surface area contributed by atoms with E-state index in [9.17, 15) is 0 Å². The van der Waals surface area contributed by atoms with Crippen LogP contribution in [-0.2, 0) is 0 Å². The van der Waals surface area contributed by atoms with Gasteiger partial charge in [-0.2, -0.15) is 11.8 Å². The van der Waals surface area contributed by atoms with E-state index in [1.54, 1.807) is 6.33 Å². The van der Waals surface area contributed by atoms with Crippen LogP contribution in [0.3, 0.4) is 0 Å². The van der Waals surface area contributed by atoms with Crippen LogP contribution >= 0.6 is 27.7 Å². The summed E-state index contributed by atoms with van der Waals surface area (Å²) in [4.78, 5) is 11.1. The SMILES string of the molecule is CCCNc1ncnc(N2CCSC(C)C2)c1Br. The normalized spacial score (nSPS) is 19.9. The number of anilines is 2. The van der Waals surface area contributed by atoms with Crippen molar-refractivity contribution in [2.45, 2.75) is 25.5 Å². The van der Waals surface area contributed by atoms with E-state index in [-0.39, 0.29) is 0 Å². The second kappa shape index (κ2) is 6.61. The summed E-state index contributed by atoms with van der Waals surface area (Å²) in [5.74, 6) is 3.07. The third-order valence-corrected chi connectivity index (χ3v) is 4.72. The fourth-order valence-electron chi connectivity index (χ4n) is 1.96. The van der Waals surface area contributed by atoms with Crippen LogP contribution in [0.25, 0.3) is 0 Å². The molecule has 0 amide bonds. The maximum Gasteiger partial charge on any atom is 0.148 e. The lowest BCUT2D eigenvalue weighted by molar-refractivity contribution is 0.765. The van der Waals surface area contributed by atoms with Crippen molar-refractivity contribution in [2.24, 2.45) is 0 Å². The standard InChI is InChI=1S/C12H19BrN4S/c1-3-4-14-11-10(13)12(16-8-15-11)17-5-6-18-9(2)7-17/h8-9H,3-7H2,1-2H3,(H,14,15,16). The van der Waals surface area contributed by atoms with Gasteiger partial charge in [-0.3, -0.25) is 0 Å². The molecule has 2 rings (SSSR count). The van der Waals surface area contributed by atoms with Crippen LogP contribution in [0, 0.1) is 0 Å². The summed E-state index contributed by atoms with van der Waals surface area (Å²) in [6.07, 6.45) is 2.73. The molecule has 100 valence electrons. The topological polar surface area (TPSA) is 41.1 Å². The first-order valence-electron chi connectivity index (χ1n) is 6.33. The summed E-state index contributed by atoms with van der Waals surface area (Å²) < 4.78 is 0.984. The van der Waals surface area contributed by atoms with Crippen LogP contribution in [0.1, 0.15) is 20.3 Å². The molecular formula is C12H19BrN4S. The van der Waals surface area contributed by atoms with Crippen LogP contribution in [0.2, 0.25) is 0 Å². The number of thioether (sulfide) groups is 1. The van der Waals surface area contributed by atoms with Crippen molar-refractivity contribution in [3.05, 3.63) is 10.8 Å². The maximum atomic E-state index is 4.42. The first-order valence-corrected chi connectivity index (χ1v) is 8.17. The average Bonchev–Trinajstić information content (AvgIpc) is 2.37. The highest BCUT2D eigenvalue weighted by Crippen LogP contribution is 2.32. The highest BCUT2D eigenvalue weighted by Gasteiger charge is 2.21. The van der Waals surface area contributed by atoms with Crippen molar-refractivity contribution in [3.8, 4) is 0 Å². The molecule has 0 aliphatic carbocycles. The molecule has 0 radical (unpaired) electrons. The van der Waals surface area contributed by atoms with E-state index in [0.717, 1.165) is 47.9 Å². The van der Waals surface area contributed by atoms with Crippen molar-refractivity contribution in [2.75, 3.05) is 35.6 Å². The van der Waals surface area contributed by atoms with Gasteiger partial charge in [0.05, 0.1) is 0 Å². The Labute approximate surface area is 121 Å². The molecule has 1 aliphatic rings. The number of nitrogens with one attached hydrogen (secondary N) is 1. The van der Waals surface area contributed by atoms with E-state index < -0.39 is 0 Å². The van der Waals surface area contributed by atoms with Crippen LogP contribution in [0.15, 0.2) is 10.8 Å². The minimum atomic E-state index is 0.660. The van der Waals surface area contributed by atoms with Gasteiger partial charge in [-0.1, -0.05) is 13.8 Å². The van der Waals surface area contributed by atoms with E-state index in [4.69, 9.17) is 0 Å². The third-order valence-electron chi connectivity index (χ3n) is 2.85. The van der Waals surface area contributed by atoms with Gasteiger partial charge in [-0.05, 0) is 22.4 Å². The molecule has 1 aromatic rings. The largest absolute Gasteiger partial charge is 0.369 e. The second-order valence-corrected chi connectivity index (χ2v) is 6.75. The molecule has 0 bridgehead atoms. The van der Waals surface area contributed by atoms with E-state index >= 15 is 0 Å². The van der Waals surface area contributed by atoms with Gasteiger partial charge in [-0.25, -0.2) is 9.97 Å². The molecule has 1 aromatic heterocycles. The first kappa shape index (κ1) is 13.9. The predicted molar refractivity (Wildman–Crippen MR) is 82.6 cm³/mol. The fraction of sp³-hybridized carbons (Fsp3) is 0.667. The molecule has 0 spiro atoms.